The maximum absolute atomic E-state index is 13.2. The Balaban J connectivity index is 2.27. The van der Waals surface area contributed by atoms with Gasteiger partial charge in [0.2, 0.25) is 0 Å². The van der Waals surface area contributed by atoms with Gasteiger partial charge in [0.05, 0.1) is 4.47 Å². The van der Waals surface area contributed by atoms with Crippen LogP contribution in [0.2, 0.25) is 0 Å². The summed E-state index contributed by atoms with van der Waals surface area (Å²) in [4.78, 5) is 0. The lowest BCUT2D eigenvalue weighted by Crippen LogP contribution is -2.28. The molecule has 1 heterocycles. The van der Waals surface area contributed by atoms with Gasteiger partial charge in [-0.1, -0.05) is 0 Å². The number of hydrogen-bond acceptors (Lipinski definition) is 1. The molecule has 82 valence electrons. The maximum atomic E-state index is 13.2. The van der Waals surface area contributed by atoms with Gasteiger partial charge in [-0.15, -0.1) is 0 Å². The van der Waals surface area contributed by atoms with E-state index >= 15 is 0 Å². The molecule has 0 aliphatic carbocycles. The summed E-state index contributed by atoms with van der Waals surface area (Å²) in [7, 11) is 0. The molecule has 0 saturated carbocycles. The Morgan fingerprint density at radius 3 is 2.73 bits per heavy atom. The van der Waals surface area contributed by atoms with Crippen LogP contribution >= 0.6 is 15.9 Å². The lowest BCUT2D eigenvalue weighted by atomic mass is 9.92. The van der Waals surface area contributed by atoms with Crippen LogP contribution in [0.3, 0.4) is 0 Å². The van der Waals surface area contributed by atoms with Gasteiger partial charge in [-0.25, -0.2) is 8.78 Å². The molecular formula is C11H12BrF2N. The molecule has 1 aliphatic heterocycles. The summed E-state index contributed by atoms with van der Waals surface area (Å²) in [5.41, 5.74) is 0.868. The average molecular weight is 276 g/mol. The molecule has 1 aliphatic rings. The van der Waals surface area contributed by atoms with Crippen LogP contribution in [0, 0.1) is 11.6 Å². The monoisotopic (exact) mass is 275 g/mol. The number of piperidine rings is 1. The van der Waals surface area contributed by atoms with Crippen LogP contribution in [-0.2, 0) is 0 Å². The zero-order valence-corrected chi connectivity index (χ0v) is 9.78. The highest BCUT2D eigenvalue weighted by Gasteiger charge is 2.18. The van der Waals surface area contributed by atoms with E-state index in [1.165, 1.54) is 6.07 Å². The predicted octanol–water partition coefficient (Wildman–Crippen LogP) is 3.19. The van der Waals surface area contributed by atoms with E-state index in [-0.39, 0.29) is 4.47 Å². The lowest BCUT2D eigenvalue weighted by Gasteiger charge is -2.23. The van der Waals surface area contributed by atoms with Crippen LogP contribution in [0.1, 0.15) is 24.3 Å². The van der Waals surface area contributed by atoms with Crippen molar-refractivity contribution in [3.05, 3.63) is 33.8 Å². The second-order valence-corrected chi connectivity index (χ2v) is 4.70. The number of halogens is 3. The first-order valence-electron chi connectivity index (χ1n) is 5.03. The first-order valence-corrected chi connectivity index (χ1v) is 5.83. The van der Waals surface area contributed by atoms with Crippen molar-refractivity contribution in [3.8, 4) is 0 Å². The van der Waals surface area contributed by atoms with E-state index in [0.717, 1.165) is 31.5 Å². The average Bonchev–Trinajstić information content (AvgIpc) is 2.26. The summed E-state index contributed by atoms with van der Waals surface area (Å²) in [5.74, 6) is -1.28. The zero-order chi connectivity index (χ0) is 10.8. The smallest absolute Gasteiger partial charge is 0.172 e. The third-order valence-corrected chi connectivity index (χ3v) is 3.35. The van der Waals surface area contributed by atoms with E-state index in [4.69, 9.17) is 0 Å². The van der Waals surface area contributed by atoms with Gasteiger partial charge in [-0.3, -0.25) is 0 Å². The molecule has 1 unspecified atom stereocenters. The molecule has 0 amide bonds. The molecule has 1 aromatic carbocycles. The van der Waals surface area contributed by atoms with Crippen molar-refractivity contribution in [1.82, 2.24) is 5.32 Å². The van der Waals surface area contributed by atoms with Crippen molar-refractivity contribution in [2.75, 3.05) is 13.1 Å². The minimum atomic E-state index is -0.803. The van der Waals surface area contributed by atoms with Gasteiger partial charge in [0.15, 0.2) is 11.6 Å². The highest BCUT2D eigenvalue weighted by Crippen LogP contribution is 2.28. The SMILES string of the molecule is Fc1cc(C2CCCNC2)cc(Br)c1F. The van der Waals surface area contributed by atoms with E-state index in [9.17, 15) is 8.78 Å². The van der Waals surface area contributed by atoms with E-state index in [0.29, 0.717) is 5.92 Å². The largest absolute Gasteiger partial charge is 0.316 e. The van der Waals surface area contributed by atoms with Gasteiger partial charge < -0.3 is 5.32 Å². The lowest BCUT2D eigenvalue weighted by molar-refractivity contribution is 0.454. The summed E-state index contributed by atoms with van der Waals surface area (Å²) >= 11 is 3.03. The van der Waals surface area contributed by atoms with Crippen molar-refractivity contribution >= 4 is 15.9 Å². The summed E-state index contributed by atoms with van der Waals surface area (Å²) in [5, 5.41) is 3.26. The van der Waals surface area contributed by atoms with Crippen molar-refractivity contribution in [2.24, 2.45) is 0 Å². The molecule has 1 saturated heterocycles. The van der Waals surface area contributed by atoms with Crippen LogP contribution in [0.15, 0.2) is 16.6 Å². The summed E-state index contributed by atoms with van der Waals surface area (Å²) in [6.45, 7) is 1.86. The number of nitrogens with one attached hydrogen (secondary N) is 1. The van der Waals surface area contributed by atoms with Crippen LogP contribution < -0.4 is 5.32 Å². The molecule has 1 aromatic rings. The minimum Gasteiger partial charge on any atom is -0.316 e. The van der Waals surface area contributed by atoms with Gasteiger partial charge >= 0.3 is 0 Å². The van der Waals surface area contributed by atoms with Gasteiger partial charge in [-0.05, 0) is 58.9 Å². The quantitative estimate of drug-likeness (QED) is 0.777. The topological polar surface area (TPSA) is 12.0 Å². The third kappa shape index (κ3) is 2.37. The normalized spacial score (nSPS) is 21.7. The second kappa shape index (κ2) is 4.58. The van der Waals surface area contributed by atoms with E-state index < -0.39 is 11.6 Å². The Hall–Kier alpha value is -0.480. The fraction of sp³-hybridized carbons (Fsp3) is 0.455. The Labute approximate surface area is 96.0 Å². The van der Waals surface area contributed by atoms with Crippen molar-refractivity contribution in [3.63, 3.8) is 0 Å². The Bertz CT molecular complexity index is 339. The molecule has 0 spiro atoms. The summed E-state index contributed by atoms with van der Waals surface area (Å²) in [6, 6.07) is 2.98. The molecule has 1 N–H and O–H groups in total. The minimum absolute atomic E-state index is 0.211. The Kier molecular flexibility index (Phi) is 3.36. The molecule has 0 bridgehead atoms. The molecule has 4 heteroatoms. The molecular weight excluding hydrogens is 264 g/mol. The molecule has 1 atom stereocenters. The second-order valence-electron chi connectivity index (χ2n) is 3.84. The van der Waals surface area contributed by atoms with Crippen molar-refractivity contribution in [2.45, 2.75) is 18.8 Å². The van der Waals surface area contributed by atoms with Gasteiger partial charge in [-0.2, -0.15) is 0 Å². The van der Waals surface area contributed by atoms with Crippen molar-refractivity contribution < 1.29 is 8.78 Å². The Morgan fingerprint density at radius 1 is 1.33 bits per heavy atom. The first kappa shape index (κ1) is 11.0. The predicted molar refractivity (Wildman–Crippen MR) is 58.9 cm³/mol. The number of rotatable bonds is 1. The maximum Gasteiger partial charge on any atom is 0.172 e. The van der Waals surface area contributed by atoms with Gasteiger partial charge in [0.25, 0.3) is 0 Å². The van der Waals surface area contributed by atoms with E-state index in [1.54, 1.807) is 6.07 Å². The first-order chi connectivity index (χ1) is 7.18. The molecule has 1 nitrogen and oxygen atoms in total. The van der Waals surface area contributed by atoms with Crippen LogP contribution in [-0.4, -0.2) is 13.1 Å². The Morgan fingerprint density at radius 2 is 2.13 bits per heavy atom. The highest BCUT2D eigenvalue weighted by molar-refractivity contribution is 9.10. The zero-order valence-electron chi connectivity index (χ0n) is 8.19. The number of benzene rings is 1. The highest BCUT2D eigenvalue weighted by atomic mass is 79.9. The summed E-state index contributed by atoms with van der Waals surface area (Å²) in [6.07, 6.45) is 2.12. The molecule has 15 heavy (non-hydrogen) atoms. The van der Waals surface area contributed by atoms with Gasteiger partial charge in [0, 0.05) is 6.54 Å². The molecule has 0 aromatic heterocycles. The van der Waals surface area contributed by atoms with E-state index in [1.807, 2.05) is 0 Å². The van der Waals surface area contributed by atoms with E-state index in [2.05, 4.69) is 21.2 Å². The fourth-order valence-corrected chi connectivity index (χ4v) is 2.40. The van der Waals surface area contributed by atoms with Crippen LogP contribution in [0.25, 0.3) is 0 Å². The summed E-state index contributed by atoms with van der Waals surface area (Å²) < 4.78 is 26.4. The molecule has 0 radical (unpaired) electrons. The van der Waals surface area contributed by atoms with Gasteiger partial charge in [0.1, 0.15) is 0 Å². The molecule has 2 rings (SSSR count). The van der Waals surface area contributed by atoms with Crippen LogP contribution in [0.5, 0.6) is 0 Å². The standard InChI is InChI=1S/C11H12BrF2N/c12-9-4-8(5-10(13)11(9)14)7-2-1-3-15-6-7/h4-5,7,15H,1-3,6H2. The number of hydrogen-bond donors (Lipinski definition) is 1. The fourth-order valence-electron chi connectivity index (χ4n) is 1.95. The van der Waals surface area contributed by atoms with Crippen LogP contribution in [0.4, 0.5) is 8.78 Å². The molecule has 1 fully saturated rings. The third-order valence-electron chi connectivity index (χ3n) is 2.77. The van der Waals surface area contributed by atoms with Crippen molar-refractivity contribution in [1.29, 1.82) is 0 Å².